The molecule has 2 aliphatic rings. The van der Waals surface area contributed by atoms with Gasteiger partial charge < -0.3 is 19.2 Å². The van der Waals surface area contributed by atoms with Crippen molar-refractivity contribution in [1.82, 2.24) is 4.90 Å². The van der Waals surface area contributed by atoms with Gasteiger partial charge in [-0.15, -0.1) is 0 Å². The maximum Gasteiger partial charge on any atom is 0.494 e. The molecule has 0 aromatic heterocycles. The predicted octanol–water partition coefficient (Wildman–Crippen LogP) is 1.18. The molecule has 0 spiro atoms. The summed E-state index contributed by atoms with van der Waals surface area (Å²) in [7, 11) is -0.314. The molecule has 2 saturated heterocycles. The van der Waals surface area contributed by atoms with E-state index in [1.807, 2.05) is 0 Å². The third kappa shape index (κ3) is 3.68. The Bertz CT molecular complexity index is 545. The van der Waals surface area contributed by atoms with E-state index in [-0.39, 0.29) is 31.0 Å². The molecule has 1 N–H and O–H groups in total. The largest absolute Gasteiger partial charge is 0.494 e. The molecule has 24 heavy (non-hydrogen) atoms. The number of aliphatic hydroxyl groups excluding tert-OH is 1. The fourth-order valence-corrected chi connectivity index (χ4v) is 3.05. The Labute approximate surface area is 145 Å². The highest BCUT2D eigenvalue weighted by Gasteiger charge is 2.51. The minimum Gasteiger partial charge on any atom is -0.399 e. The normalized spacial score (nSPS) is 26.7. The van der Waals surface area contributed by atoms with Gasteiger partial charge in [0.1, 0.15) is 0 Å². The van der Waals surface area contributed by atoms with Gasteiger partial charge in [-0.3, -0.25) is 4.90 Å². The summed E-state index contributed by atoms with van der Waals surface area (Å²) in [5.41, 5.74) is 1.66. The first-order valence-electron chi connectivity index (χ1n) is 8.70. The third-order valence-electron chi connectivity index (χ3n) is 5.34. The van der Waals surface area contributed by atoms with Gasteiger partial charge in [-0.05, 0) is 38.7 Å². The Hall–Kier alpha value is -0.915. The summed E-state index contributed by atoms with van der Waals surface area (Å²) < 4.78 is 17.7. The number of aliphatic hydroxyl groups is 1. The fraction of sp³-hybridized carbons (Fsp3) is 0.667. The number of hydrogen-bond donors (Lipinski definition) is 1. The van der Waals surface area contributed by atoms with Crippen LogP contribution < -0.4 is 5.46 Å². The van der Waals surface area contributed by atoms with Crippen LogP contribution in [0, 0.1) is 0 Å². The summed E-state index contributed by atoms with van der Waals surface area (Å²) in [6.45, 7) is 11.6. The number of benzene rings is 1. The van der Waals surface area contributed by atoms with E-state index in [4.69, 9.17) is 14.0 Å². The second kappa shape index (κ2) is 6.77. The topological polar surface area (TPSA) is 51.2 Å². The molecule has 5 nitrogen and oxygen atoms in total. The molecule has 1 unspecified atom stereocenters. The average Bonchev–Trinajstić information content (AvgIpc) is 2.76. The summed E-state index contributed by atoms with van der Waals surface area (Å²) >= 11 is 0. The molecule has 1 atom stereocenters. The molecule has 0 radical (unpaired) electrons. The van der Waals surface area contributed by atoms with Crippen molar-refractivity contribution in [3.8, 4) is 0 Å². The first kappa shape index (κ1) is 17.9. The van der Waals surface area contributed by atoms with Gasteiger partial charge in [0.15, 0.2) is 0 Å². The molecule has 0 bridgehead atoms. The molecular weight excluding hydrogens is 305 g/mol. The number of ether oxygens (including phenoxy) is 1. The number of morpholine rings is 1. The Morgan fingerprint density at radius 3 is 2.33 bits per heavy atom. The van der Waals surface area contributed by atoms with Crippen molar-refractivity contribution in [1.29, 1.82) is 0 Å². The second-order valence-electron chi connectivity index (χ2n) is 7.74. The van der Waals surface area contributed by atoms with Crippen molar-refractivity contribution in [2.45, 2.75) is 51.5 Å². The number of nitrogens with zero attached hydrogens (tertiary/aromatic N) is 1. The van der Waals surface area contributed by atoms with Crippen molar-refractivity contribution >= 4 is 12.6 Å². The molecule has 2 fully saturated rings. The first-order chi connectivity index (χ1) is 11.3. The maximum absolute atomic E-state index is 9.24. The zero-order valence-corrected chi connectivity index (χ0v) is 15.1. The first-order valence-corrected chi connectivity index (χ1v) is 8.70. The Kier molecular flexibility index (Phi) is 5.05. The average molecular weight is 333 g/mol. The summed E-state index contributed by atoms with van der Waals surface area (Å²) in [4.78, 5) is 2.31. The Balaban J connectivity index is 1.62. The summed E-state index contributed by atoms with van der Waals surface area (Å²) in [5, 5.41) is 9.24. The summed E-state index contributed by atoms with van der Waals surface area (Å²) in [5.74, 6) is 0. The van der Waals surface area contributed by atoms with Crippen LogP contribution in [-0.2, 0) is 20.6 Å². The van der Waals surface area contributed by atoms with Crippen LogP contribution in [0.5, 0.6) is 0 Å². The van der Waals surface area contributed by atoms with Crippen LogP contribution in [0.3, 0.4) is 0 Å². The molecular formula is C18H28BNO4. The molecule has 0 saturated carbocycles. The number of hydrogen-bond acceptors (Lipinski definition) is 5. The quantitative estimate of drug-likeness (QED) is 0.839. The molecule has 0 amide bonds. The van der Waals surface area contributed by atoms with E-state index in [1.54, 1.807) is 0 Å². The van der Waals surface area contributed by atoms with E-state index in [9.17, 15) is 5.11 Å². The lowest BCUT2D eigenvalue weighted by atomic mass is 9.79. The van der Waals surface area contributed by atoms with Crippen LogP contribution in [-0.4, -0.2) is 60.7 Å². The van der Waals surface area contributed by atoms with Crippen molar-refractivity contribution in [2.75, 3.05) is 26.3 Å². The minimum absolute atomic E-state index is 0.0669. The van der Waals surface area contributed by atoms with Gasteiger partial charge in [-0.25, -0.2) is 0 Å². The van der Waals surface area contributed by atoms with E-state index in [0.717, 1.165) is 25.1 Å². The molecule has 1 aromatic rings. The zero-order valence-electron chi connectivity index (χ0n) is 15.1. The highest BCUT2D eigenvalue weighted by atomic mass is 16.7. The van der Waals surface area contributed by atoms with Gasteiger partial charge in [-0.1, -0.05) is 24.3 Å². The van der Waals surface area contributed by atoms with E-state index in [1.165, 1.54) is 5.56 Å². The molecule has 0 aliphatic carbocycles. The van der Waals surface area contributed by atoms with Crippen molar-refractivity contribution in [2.24, 2.45) is 0 Å². The number of rotatable bonds is 4. The minimum atomic E-state index is -0.316. The standard InChI is InChI=1S/C18H28BNO4/c1-17(2)18(3,4)24-19(23-17)15-7-5-14(6-8-15)11-20-9-10-22-16(12-20)13-21/h5-8,16,21H,9-13H2,1-4H3. The molecule has 2 aliphatic heterocycles. The van der Waals surface area contributed by atoms with Crippen LogP contribution >= 0.6 is 0 Å². The smallest absolute Gasteiger partial charge is 0.399 e. The maximum atomic E-state index is 9.24. The Morgan fingerprint density at radius 2 is 1.75 bits per heavy atom. The lowest BCUT2D eigenvalue weighted by Crippen LogP contribution is -2.43. The summed E-state index contributed by atoms with van der Waals surface area (Å²) in [6, 6.07) is 8.43. The predicted molar refractivity (Wildman–Crippen MR) is 94.3 cm³/mol. The van der Waals surface area contributed by atoms with Gasteiger partial charge in [0, 0.05) is 19.6 Å². The van der Waals surface area contributed by atoms with Crippen molar-refractivity contribution in [3.63, 3.8) is 0 Å². The Morgan fingerprint density at radius 1 is 1.12 bits per heavy atom. The molecule has 3 rings (SSSR count). The fourth-order valence-electron chi connectivity index (χ4n) is 3.05. The van der Waals surface area contributed by atoms with E-state index >= 15 is 0 Å². The summed E-state index contributed by atoms with van der Waals surface area (Å²) in [6.07, 6.45) is -0.0669. The second-order valence-corrected chi connectivity index (χ2v) is 7.74. The van der Waals surface area contributed by atoms with Crippen molar-refractivity contribution < 1.29 is 19.2 Å². The van der Waals surface area contributed by atoms with Gasteiger partial charge in [-0.2, -0.15) is 0 Å². The van der Waals surface area contributed by atoms with Gasteiger partial charge in [0.2, 0.25) is 0 Å². The van der Waals surface area contributed by atoms with Gasteiger partial charge >= 0.3 is 7.12 Å². The van der Waals surface area contributed by atoms with Crippen molar-refractivity contribution in [3.05, 3.63) is 29.8 Å². The zero-order chi connectivity index (χ0) is 17.4. The van der Waals surface area contributed by atoms with Gasteiger partial charge in [0.05, 0.1) is 30.5 Å². The highest BCUT2D eigenvalue weighted by Crippen LogP contribution is 2.36. The van der Waals surface area contributed by atoms with E-state index < -0.39 is 0 Å². The van der Waals surface area contributed by atoms with Crippen LogP contribution in [0.25, 0.3) is 0 Å². The third-order valence-corrected chi connectivity index (χ3v) is 5.34. The lowest BCUT2D eigenvalue weighted by Gasteiger charge is -2.32. The molecule has 2 heterocycles. The monoisotopic (exact) mass is 333 g/mol. The lowest BCUT2D eigenvalue weighted by molar-refractivity contribution is -0.0551. The highest BCUT2D eigenvalue weighted by molar-refractivity contribution is 6.62. The molecule has 6 heteroatoms. The molecule has 132 valence electrons. The van der Waals surface area contributed by atoms with E-state index in [0.29, 0.717) is 6.61 Å². The van der Waals surface area contributed by atoms with Crippen LogP contribution in [0.4, 0.5) is 0 Å². The van der Waals surface area contributed by atoms with Gasteiger partial charge in [0.25, 0.3) is 0 Å². The van der Waals surface area contributed by atoms with Crippen LogP contribution in [0.1, 0.15) is 33.3 Å². The van der Waals surface area contributed by atoms with Crippen LogP contribution in [0.2, 0.25) is 0 Å². The molecule has 1 aromatic carbocycles. The van der Waals surface area contributed by atoms with E-state index in [2.05, 4.69) is 56.9 Å². The SMILES string of the molecule is CC1(C)OB(c2ccc(CN3CCOC(CO)C3)cc2)OC1(C)C. The van der Waals surface area contributed by atoms with Crippen LogP contribution in [0.15, 0.2) is 24.3 Å².